The van der Waals surface area contributed by atoms with Crippen LogP contribution in [0.5, 0.6) is 0 Å². The molecule has 7 nitrogen and oxygen atoms in total. The Morgan fingerprint density at radius 1 is 1.32 bits per heavy atom. The first-order valence-electron chi connectivity index (χ1n) is 7.34. The third kappa shape index (κ3) is 2.76. The Hall–Kier alpha value is -2.53. The molecule has 0 unspecified atom stereocenters. The zero-order valence-electron chi connectivity index (χ0n) is 12.1. The second-order valence-corrected chi connectivity index (χ2v) is 5.50. The molecule has 1 aliphatic heterocycles. The van der Waals surface area contributed by atoms with Gasteiger partial charge < -0.3 is 4.74 Å². The van der Waals surface area contributed by atoms with Gasteiger partial charge in [0.05, 0.1) is 13.1 Å². The van der Waals surface area contributed by atoms with Gasteiger partial charge in [0.2, 0.25) is 0 Å². The Morgan fingerprint density at radius 2 is 2.14 bits per heavy atom. The van der Waals surface area contributed by atoms with Crippen LogP contribution < -0.4 is 4.90 Å². The van der Waals surface area contributed by atoms with Gasteiger partial charge in [-0.05, 0) is 48.6 Å². The summed E-state index contributed by atoms with van der Waals surface area (Å²) >= 11 is 0. The number of hydrogen-bond acceptors (Lipinski definition) is 4. The molecule has 0 N–H and O–H groups in total. The lowest BCUT2D eigenvalue weighted by atomic mass is 10.0. The fourth-order valence-electron chi connectivity index (χ4n) is 2.92. The number of ketones is 1. The molecule has 22 heavy (non-hydrogen) atoms. The number of Topliss-reactive ketones (excluding diaryl/α,β-unsaturated/α-hetero) is 1. The molecule has 0 radical (unpaired) electrons. The number of aryl methyl sites for hydroxylation is 1. The van der Waals surface area contributed by atoms with Crippen molar-refractivity contribution in [2.24, 2.45) is 5.11 Å². The number of hydrogen-bond donors (Lipinski definition) is 0. The summed E-state index contributed by atoms with van der Waals surface area (Å²) in [6.45, 7) is 0.479. The maximum absolute atomic E-state index is 12.0. The molecule has 0 bridgehead atoms. The van der Waals surface area contributed by atoms with Gasteiger partial charge in [0.25, 0.3) is 0 Å². The third-order valence-corrected chi connectivity index (χ3v) is 4.02. The lowest BCUT2D eigenvalue weighted by Gasteiger charge is -2.15. The predicted octanol–water partition coefficient (Wildman–Crippen LogP) is 3.23. The largest absolute Gasteiger partial charge is 0.444 e. The number of azide groups is 1. The summed E-state index contributed by atoms with van der Waals surface area (Å²) < 4.78 is 5.18. The molecule has 1 aromatic carbocycles. The van der Waals surface area contributed by atoms with Crippen molar-refractivity contribution in [1.82, 2.24) is 0 Å². The van der Waals surface area contributed by atoms with Crippen LogP contribution in [0.25, 0.3) is 10.4 Å². The van der Waals surface area contributed by atoms with E-state index in [-0.39, 0.29) is 12.3 Å². The fourth-order valence-corrected chi connectivity index (χ4v) is 2.92. The van der Waals surface area contributed by atoms with E-state index in [4.69, 9.17) is 10.3 Å². The monoisotopic (exact) mass is 300 g/mol. The molecular weight excluding hydrogens is 284 g/mol. The quantitative estimate of drug-likeness (QED) is 0.371. The number of cyclic esters (lactones) is 1. The number of amides is 1. The standard InChI is InChI=1S/C15H16N4O3/c16-18-17-8-12-9-19(15(21)22-12)11-5-6-13-10(7-11)3-1-2-4-14(13)20/h5-7,12H,1-4,8-9H2/t12-/m0/s1. The number of rotatable bonds is 3. The van der Waals surface area contributed by atoms with E-state index in [0.29, 0.717) is 13.0 Å². The van der Waals surface area contributed by atoms with Gasteiger partial charge in [0, 0.05) is 22.6 Å². The fraction of sp³-hybridized carbons (Fsp3) is 0.467. The van der Waals surface area contributed by atoms with Gasteiger partial charge in [0.15, 0.2) is 5.78 Å². The van der Waals surface area contributed by atoms with Crippen molar-refractivity contribution in [3.05, 3.63) is 39.8 Å². The number of benzene rings is 1. The minimum atomic E-state index is -0.446. The van der Waals surface area contributed by atoms with Gasteiger partial charge in [-0.15, -0.1) is 0 Å². The summed E-state index contributed by atoms with van der Waals surface area (Å²) in [6.07, 6.45) is 2.45. The number of carbonyl (C=O) groups excluding carboxylic acids is 2. The molecule has 1 atom stereocenters. The molecule has 1 aromatic rings. The highest BCUT2D eigenvalue weighted by molar-refractivity contribution is 5.99. The highest BCUT2D eigenvalue weighted by Crippen LogP contribution is 2.28. The van der Waals surface area contributed by atoms with Crippen LogP contribution in [-0.4, -0.2) is 31.1 Å². The van der Waals surface area contributed by atoms with Gasteiger partial charge in [-0.2, -0.15) is 0 Å². The molecule has 1 amide bonds. The molecule has 2 aliphatic rings. The van der Waals surface area contributed by atoms with Crippen molar-refractivity contribution in [3.8, 4) is 0 Å². The van der Waals surface area contributed by atoms with Gasteiger partial charge in [-0.25, -0.2) is 4.79 Å². The van der Waals surface area contributed by atoms with E-state index in [1.165, 1.54) is 4.90 Å². The number of nitrogens with zero attached hydrogens (tertiary/aromatic N) is 4. The SMILES string of the molecule is [N-]=[N+]=NC[C@H]1CN(c2ccc3c(c2)CCCCC3=O)C(=O)O1. The van der Waals surface area contributed by atoms with Crippen LogP contribution in [0.1, 0.15) is 35.2 Å². The van der Waals surface area contributed by atoms with Gasteiger partial charge in [-0.3, -0.25) is 9.69 Å². The Labute approximate surface area is 127 Å². The van der Waals surface area contributed by atoms with Gasteiger partial charge >= 0.3 is 6.09 Å². The molecular formula is C15H16N4O3. The van der Waals surface area contributed by atoms with Crippen molar-refractivity contribution in [1.29, 1.82) is 0 Å². The summed E-state index contributed by atoms with van der Waals surface area (Å²) in [5.74, 6) is 0.171. The second kappa shape index (κ2) is 6.07. The summed E-state index contributed by atoms with van der Waals surface area (Å²) in [7, 11) is 0. The van der Waals surface area contributed by atoms with E-state index in [2.05, 4.69) is 10.0 Å². The molecule has 1 aliphatic carbocycles. The average molecular weight is 300 g/mol. The van der Waals surface area contributed by atoms with Gasteiger partial charge in [-0.1, -0.05) is 5.11 Å². The molecule has 0 saturated carbocycles. The number of anilines is 1. The average Bonchev–Trinajstić information content (AvgIpc) is 2.79. The topological polar surface area (TPSA) is 95.4 Å². The molecule has 114 valence electrons. The molecule has 1 heterocycles. The van der Waals surface area contributed by atoms with Crippen LogP contribution >= 0.6 is 0 Å². The smallest absolute Gasteiger partial charge is 0.414 e. The number of carbonyl (C=O) groups is 2. The number of fused-ring (bicyclic) bond motifs is 1. The summed E-state index contributed by atoms with van der Waals surface area (Å²) in [5, 5.41) is 3.44. The van der Waals surface area contributed by atoms with Crippen LogP contribution in [0.15, 0.2) is 23.3 Å². The van der Waals surface area contributed by atoms with Crippen molar-refractivity contribution in [3.63, 3.8) is 0 Å². The van der Waals surface area contributed by atoms with E-state index in [1.54, 1.807) is 12.1 Å². The van der Waals surface area contributed by atoms with E-state index in [9.17, 15) is 9.59 Å². The molecule has 1 saturated heterocycles. The van der Waals surface area contributed by atoms with E-state index in [0.717, 1.165) is 36.1 Å². The normalized spacial score (nSPS) is 20.9. The van der Waals surface area contributed by atoms with Crippen LogP contribution in [0.2, 0.25) is 0 Å². The summed E-state index contributed by atoms with van der Waals surface area (Å²) in [6, 6.07) is 5.47. The first-order valence-corrected chi connectivity index (χ1v) is 7.34. The van der Waals surface area contributed by atoms with Gasteiger partial charge in [0.1, 0.15) is 6.10 Å². The zero-order chi connectivity index (χ0) is 15.5. The van der Waals surface area contributed by atoms with Crippen molar-refractivity contribution < 1.29 is 14.3 Å². The first kappa shape index (κ1) is 14.4. The van der Waals surface area contributed by atoms with Crippen LogP contribution in [0.3, 0.4) is 0 Å². The molecule has 1 fully saturated rings. The maximum Gasteiger partial charge on any atom is 0.414 e. The summed E-state index contributed by atoms with van der Waals surface area (Å²) in [4.78, 5) is 28.2. The molecule has 3 rings (SSSR count). The first-order chi connectivity index (χ1) is 10.7. The Bertz CT molecular complexity index is 667. The lowest BCUT2D eigenvalue weighted by molar-refractivity contribution is 0.0982. The van der Waals surface area contributed by atoms with Crippen molar-refractivity contribution >= 4 is 17.6 Å². The molecule has 0 aromatic heterocycles. The second-order valence-electron chi connectivity index (χ2n) is 5.50. The Kier molecular flexibility index (Phi) is 3.98. The third-order valence-electron chi connectivity index (χ3n) is 4.02. The van der Waals surface area contributed by atoms with Crippen LogP contribution in [-0.2, 0) is 11.2 Å². The highest BCUT2D eigenvalue weighted by Gasteiger charge is 2.32. The minimum Gasteiger partial charge on any atom is -0.444 e. The van der Waals surface area contributed by atoms with Crippen LogP contribution in [0.4, 0.5) is 10.5 Å². The zero-order valence-corrected chi connectivity index (χ0v) is 12.1. The van der Waals surface area contributed by atoms with E-state index < -0.39 is 12.2 Å². The maximum atomic E-state index is 12.0. The van der Waals surface area contributed by atoms with Crippen molar-refractivity contribution in [2.45, 2.75) is 31.8 Å². The van der Waals surface area contributed by atoms with E-state index in [1.807, 2.05) is 6.07 Å². The summed E-state index contributed by atoms with van der Waals surface area (Å²) in [5.41, 5.74) is 10.8. The Morgan fingerprint density at radius 3 is 2.95 bits per heavy atom. The van der Waals surface area contributed by atoms with Crippen LogP contribution in [0, 0.1) is 0 Å². The minimum absolute atomic E-state index is 0.127. The van der Waals surface area contributed by atoms with Crippen molar-refractivity contribution in [2.75, 3.05) is 18.0 Å². The van der Waals surface area contributed by atoms with E-state index >= 15 is 0 Å². The predicted molar refractivity (Wildman–Crippen MR) is 80.0 cm³/mol. The molecule has 7 heteroatoms. The number of ether oxygens (including phenoxy) is 1. The highest BCUT2D eigenvalue weighted by atomic mass is 16.6. The molecule has 0 spiro atoms. The lowest BCUT2D eigenvalue weighted by Crippen LogP contribution is -2.25. The Balaban J connectivity index is 1.83.